The number of nitrogens with one attached hydrogen (secondary N) is 1. The first kappa shape index (κ1) is 10.1. The van der Waals surface area contributed by atoms with Crippen LogP contribution in [-0.4, -0.2) is 31.4 Å². The van der Waals surface area contributed by atoms with E-state index in [4.69, 9.17) is 0 Å². The molecule has 1 aliphatic heterocycles. The molecule has 2 saturated carbocycles. The van der Waals surface area contributed by atoms with Gasteiger partial charge >= 0.3 is 0 Å². The second kappa shape index (κ2) is 2.41. The minimum atomic E-state index is -3.16. The van der Waals surface area contributed by atoms with Crippen molar-refractivity contribution in [3.63, 3.8) is 0 Å². The summed E-state index contributed by atoms with van der Waals surface area (Å²) in [6.07, 6.45) is 1.39. The Labute approximate surface area is 90.1 Å². The summed E-state index contributed by atoms with van der Waals surface area (Å²) in [7, 11) is -3.16. The molecule has 2 N–H and O–H groups in total. The molecule has 2 aliphatic carbocycles. The normalized spacial score (nSPS) is 54.5. The maximum atomic E-state index is 11.6. The zero-order chi connectivity index (χ0) is 11.1. The molecule has 1 spiro atoms. The van der Waals surface area contributed by atoms with E-state index < -0.39 is 16.1 Å². The zero-order valence-corrected chi connectivity index (χ0v) is 9.84. The topological polar surface area (TPSA) is 66.4 Å². The minimum absolute atomic E-state index is 0.0619. The maximum absolute atomic E-state index is 11.6. The van der Waals surface area contributed by atoms with E-state index in [2.05, 4.69) is 18.6 Å². The van der Waals surface area contributed by atoms with Crippen LogP contribution in [0.3, 0.4) is 0 Å². The van der Waals surface area contributed by atoms with Crippen molar-refractivity contribution in [3.8, 4) is 0 Å². The van der Waals surface area contributed by atoms with E-state index in [1.165, 1.54) is 0 Å². The van der Waals surface area contributed by atoms with Gasteiger partial charge in [-0.25, -0.2) is 13.1 Å². The summed E-state index contributed by atoms with van der Waals surface area (Å²) in [4.78, 5) is 0. The summed E-state index contributed by atoms with van der Waals surface area (Å²) < 4.78 is 25.9. The van der Waals surface area contributed by atoms with Gasteiger partial charge in [0.1, 0.15) is 0 Å². The first-order valence-electron chi connectivity index (χ1n) is 5.48. The molecule has 3 rings (SSSR count). The van der Waals surface area contributed by atoms with Crippen LogP contribution in [0.25, 0.3) is 0 Å². The van der Waals surface area contributed by atoms with E-state index in [1.807, 2.05) is 0 Å². The van der Waals surface area contributed by atoms with Gasteiger partial charge in [-0.3, -0.25) is 0 Å². The molecule has 0 radical (unpaired) electrons. The smallest absolute Gasteiger partial charge is 0.212 e. The van der Waals surface area contributed by atoms with E-state index in [0.29, 0.717) is 0 Å². The van der Waals surface area contributed by atoms with E-state index in [-0.39, 0.29) is 28.5 Å². The second-order valence-corrected chi connectivity index (χ2v) is 7.62. The SMILES string of the molecule is CC1(C)[C@H]2CC[C@@]13CS(=O)(=O)N[C@H]3[C@H]2O. The molecule has 1 heterocycles. The zero-order valence-electron chi connectivity index (χ0n) is 9.03. The van der Waals surface area contributed by atoms with Gasteiger partial charge in [-0.05, 0) is 24.2 Å². The Morgan fingerprint density at radius 2 is 2.07 bits per heavy atom. The summed E-state index contributed by atoms with van der Waals surface area (Å²) in [6, 6.07) is -0.240. The molecule has 4 atom stereocenters. The molecule has 3 aliphatic rings. The van der Waals surface area contributed by atoms with Crippen molar-refractivity contribution in [1.82, 2.24) is 4.72 Å². The van der Waals surface area contributed by atoms with Gasteiger partial charge in [0.05, 0.1) is 17.9 Å². The molecule has 0 unspecified atom stereocenters. The molecule has 1 saturated heterocycles. The van der Waals surface area contributed by atoms with Gasteiger partial charge in [0.15, 0.2) is 0 Å². The van der Waals surface area contributed by atoms with Crippen LogP contribution >= 0.6 is 0 Å². The summed E-state index contributed by atoms with van der Waals surface area (Å²) in [5.74, 6) is 0.455. The number of sulfonamides is 1. The van der Waals surface area contributed by atoms with Crippen molar-refractivity contribution in [3.05, 3.63) is 0 Å². The summed E-state index contributed by atoms with van der Waals surface area (Å²) in [6.45, 7) is 4.22. The van der Waals surface area contributed by atoms with Gasteiger partial charge in [-0.2, -0.15) is 0 Å². The highest BCUT2D eigenvalue weighted by atomic mass is 32.2. The molecule has 3 fully saturated rings. The van der Waals surface area contributed by atoms with Gasteiger partial charge in [-0.15, -0.1) is 0 Å². The minimum Gasteiger partial charge on any atom is -0.391 e. The molecule has 2 bridgehead atoms. The number of hydrogen-bond acceptors (Lipinski definition) is 3. The summed E-state index contributed by atoms with van der Waals surface area (Å²) in [5.41, 5.74) is -0.288. The molecule has 5 heteroatoms. The number of rotatable bonds is 0. The lowest BCUT2D eigenvalue weighted by Gasteiger charge is -2.35. The largest absolute Gasteiger partial charge is 0.391 e. The molecule has 0 aromatic heterocycles. The second-order valence-electron chi connectivity index (χ2n) is 5.87. The van der Waals surface area contributed by atoms with Crippen molar-refractivity contribution in [2.45, 2.75) is 38.8 Å². The highest BCUT2D eigenvalue weighted by molar-refractivity contribution is 7.89. The molecule has 4 nitrogen and oxygen atoms in total. The van der Waals surface area contributed by atoms with Crippen molar-refractivity contribution in [2.24, 2.45) is 16.7 Å². The first-order valence-corrected chi connectivity index (χ1v) is 7.13. The Bertz CT molecular complexity index is 416. The maximum Gasteiger partial charge on any atom is 0.212 e. The highest BCUT2D eigenvalue weighted by Crippen LogP contribution is 2.67. The standard InChI is InChI=1S/C10H17NO3S/c1-9(2)6-3-4-10(9)5-15(13,14)11-8(10)7(6)12/h6-8,11-12H,3-5H2,1-2H3/t6-,7-,8-,10-/m0/s1. The van der Waals surface area contributed by atoms with Crippen molar-refractivity contribution in [1.29, 1.82) is 0 Å². The third-order valence-electron chi connectivity index (χ3n) is 5.21. The van der Waals surface area contributed by atoms with Gasteiger partial charge in [0.2, 0.25) is 10.0 Å². The van der Waals surface area contributed by atoms with Crippen LogP contribution < -0.4 is 4.72 Å². The van der Waals surface area contributed by atoms with E-state index in [0.717, 1.165) is 12.8 Å². The Hall–Kier alpha value is -0.130. The van der Waals surface area contributed by atoms with Crippen LogP contribution in [0.4, 0.5) is 0 Å². The Kier molecular flexibility index (Phi) is 1.62. The predicted octanol–water partition coefficient (Wildman–Crippen LogP) is 0.0851. The van der Waals surface area contributed by atoms with E-state index >= 15 is 0 Å². The monoisotopic (exact) mass is 231 g/mol. The van der Waals surface area contributed by atoms with Crippen LogP contribution in [0, 0.1) is 16.7 Å². The number of hydrogen-bond donors (Lipinski definition) is 2. The highest BCUT2D eigenvalue weighted by Gasteiger charge is 2.72. The van der Waals surface area contributed by atoms with E-state index in [1.54, 1.807) is 0 Å². The lowest BCUT2D eigenvalue weighted by Crippen LogP contribution is -2.45. The van der Waals surface area contributed by atoms with Crippen molar-refractivity contribution < 1.29 is 13.5 Å². The Morgan fingerprint density at radius 3 is 2.67 bits per heavy atom. The van der Waals surface area contributed by atoms with Crippen LogP contribution in [0.1, 0.15) is 26.7 Å². The molecular weight excluding hydrogens is 214 g/mol. The first-order chi connectivity index (χ1) is 6.80. The van der Waals surface area contributed by atoms with Gasteiger partial charge < -0.3 is 5.11 Å². The van der Waals surface area contributed by atoms with Crippen LogP contribution in [0.15, 0.2) is 0 Å². The molecular formula is C10H17NO3S. The number of aliphatic hydroxyl groups excluding tert-OH is 1. The third-order valence-corrected chi connectivity index (χ3v) is 6.72. The number of fused-ring (bicyclic) bond motifs is 1. The quantitative estimate of drug-likeness (QED) is 0.620. The molecule has 86 valence electrons. The Balaban J connectivity index is 2.16. The van der Waals surface area contributed by atoms with Gasteiger partial charge in [0.25, 0.3) is 0 Å². The predicted molar refractivity (Wildman–Crippen MR) is 55.7 cm³/mol. The molecule has 0 amide bonds. The lowest BCUT2D eigenvalue weighted by atomic mass is 9.69. The van der Waals surface area contributed by atoms with E-state index in [9.17, 15) is 13.5 Å². The van der Waals surface area contributed by atoms with Crippen LogP contribution in [-0.2, 0) is 10.0 Å². The summed E-state index contributed by atoms with van der Waals surface area (Å²) in [5, 5.41) is 10.1. The average Bonchev–Trinajstić information content (AvgIpc) is 2.54. The Morgan fingerprint density at radius 1 is 1.40 bits per heavy atom. The lowest BCUT2D eigenvalue weighted by molar-refractivity contribution is 0.0744. The van der Waals surface area contributed by atoms with Crippen molar-refractivity contribution in [2.75, 3.05) is 5.75 Å². The fourth-order valence-electron chi connectivity index (χ4n) is 4.28. The van der Waals surface area contributed by atoms with Gasteiger partial charge in [-0.1, -0.05) is 13.8 Å². The fourth-order valence-corrected chi connectivity index (χ4v) is 6.49. The number of aliphatic hydroxyl groups is 1. The van der Waals surface area contributed by atoms with Gasteiger partial charge in [0, 0.05) is 5.41 Å². The van der Waals surface area contributed by atoms with Crippen LogP contribution in [0.2, 0.25) is 0 Å². The summed E-state index contributed by atoms with van der Waals surface area (Å²) >= 11 is 0. The van der Waals surface area contributed by atoms with Crippen LogP contribution in [0.5, 0.6) is 0 Å². The third kappa shape index (κ3) is 0.929. The molecule has 0 aromatic rings. The molecule has 15 heavy (non-hydrogen) atoms. The molecule has 0 aromatic carbocycles. The van der Waals surface area contributed by atoms with Crippen molar-refractivity contribution >= 4 is 10.0 Å². The fraction of sp³-hybridized carbons (Fsp3) is 1.00. The average molecular weight is 231 g/mol.